The third kappa shape index (κ3) is 7.15. The van der Waals surface area contributed by atoms with E-state index in [1.54, 1.807) is 18.2 Å². The Balaban J connectivity index is 3.01. The fourth-order valence-electron chi connectivity index (χ4n) is 2.80. The molecule has 0 aliphatic heterocycles. The van der Waals surface area contributed by atoms with Crippen LogP contribution < -0.4 is 10.1 Å². The van der Waals surface area contributed by atoms with Crippen LogP contribution >= 0.6 is 0 Å². The van der Waals surface area contributed by atoms with E-state index in [1.165, 1.54) is 7.11 Å². The number of unbranched alkanes of at least 4 members (excludes halogenated alkanes) is 2. The van der Waals surface area contributed by atoms with Gasteiger partial charge in [-0.1, -0.05) is 40.0 Å². The molecule has 0 aliphatic carbocycles. The van der Waals surface area contributed by atoms with E-state index < -0.39 is 11.6 Å². The van der Waals surface area contributed by atoms with Gasteiger partial charge in [-0.2, -0.15) is 0 Å². The summed E-state index contributed by atoms with van der Waals surface area (Å²) in [5.41, 5.74) is -0.129. The molecule has 0 saturated heterocycles. The Morgan fingerprint density at radius 3 is 2.46 bits per heavy atom. The molecular formula is C22H35NO5. The molecule has 6 nitrogen and oxygen atoms in total. The Labute approximate surface area is 168 Å². The quantitative estimate of drug-likeness (QED) is 0.407. The SMILES string of the molecule is CCCCC[C@](C)(OCC)C(=O)Nc1ccc(OCC(C)C)c(C(=O)OC)c1. The van der Waals surface area contributed by atoms with Gasteiger partial charge < -0.3 is 19.5 Å². The number of carbonyl (C=O) groups is 2. The number of amides is 1. The number of anilines is 1. The lowest BCUT2D eigenvalue weighted by Gasteiger charge is -2.28. The summed E-state index contributed by atoms with van der Waals surface area (Å²) < 4.78 is 16.3. The molecule has 0 spiro atoms. The summed E-state index contributed by atoms with van der Waals surface area (Å²) >= 11 is 0. The second kappa shape index (κ2) is 11.7. The standard InChI is InChI=1S/C22H35NO5/c1-7-9-10-13-22(5,28-8-2)21(25)23-17-11-12-19(27-15-16(3)4)18(14-17)20(24)26-6/h11-12,14,16H,7-10,13,15H2,1-6H3,(H,23,25)/t22-/m0/s1. The molecule has 0 unspecified atom stereocenters. The number of ether oxygens (including phenoxy) is 3. The number of carbonyl (C=O) groups excluding carboxylic acids is 2. The number of methoxy groups -OCH3 is 1. The highest BCUT2D eigenvalue weighted by molar-refractivity contribution is 5.99. The van der Waals surface area contributed by atoms with Crippen LogP contribution in [0.15, 0.2) is 18.2 Å². The van der Waals surface area contributed by atoms with E-state index in [1.807, 2.05) is 27.7 Å². The first-order chi connectivity index (χ1) is 13.3. The minimum absolute atomic E-state index is 0.225. The number of benzene rings is 1. The van der Waals surface area contributed by atoms with Gasteiger partial charge in [0.1, 0.15) is 16.9 Å². The number of rotatable bonds is 12. The highest BCUT2D eigenvalue weighted by Crippen LogP contribution is 2.27. The zero-order valence-corrected chi connectivity index (χ0v) is 18.1. The van der Waals surface area contributed by atoms with Crippen LogP contribution in [0, 0.1) is 5.92 Å². The largest absolute Gasteiger partial charge is 0.492 e. The molecule has 0 radical (unpaired) electrons. The zero-order valence-electron chi connectivity index (χ0n) is 18.1. The molecular weight excluding hydrogens is 358 g/mol. The van der Waals surface area contributed by atoms with Gasteiger partial charge in [0.05, 0.1) is 13.7 Å². The van der Waals surface area contributed by atoms with E-state index in [9.17, 15) is 9.59 Å². The Kier molecular flexibility index (Phi) is 10.0. The average Bonchev–Trinajstić information content (AvgIpc) is 2.66. The third-order valence-electron chi connectivity index (χ3n) is 4.42. The van der Waals surface area contributed by atoms with Crippen molar-refractivity contribution in [1.82, 2.24) is 0 Å². The predicted molar refractivity (Wildman–Crippen MR) is 111 cm³/mol. The molecule has 0 aliphatic rings. The van der Waals surface area contributed by atoms with Crippen molar-refractivity contribution in [2.45, 2.75) is 65.9 Å². The second-order valence-corrected chi connectivity index (χ2v) is 7.48. The summed E-state index contributed by atoms with van der Waals surface area (Å²) in [7, 11) is 1.32. The second-order valence-electron chi connectivity index (χ2n) is 7.48. The molecule has 1 atom stereocenters. The molecule has 1 amide bonds. The van der Waals surface area contributed by atoms with Crippen LogP contribution in [0.1, 0.15) is 70.7 Å². The number of nitrogens with one attached hydrogen (secondary N) is 1. The normalized spacial score (nSPS) is 13.1. The predicted octanol–water partition coefficient (Wildman–Crippen LogP) is 4.82. The monoisotopic (exact) mass is 393 g/mol. The highest BCUT2D eigenvalue weighted by atomic mass is 16.5. The minimum atomic E-state index is -0.915. The molecule has 0 aromatic heterocycles. The molecule has 1 rings (SSSR count). The Bertz CT molecular complexity index is 644. The topological polar surface area (TPSA) is 73.9 Å². The number of esters is 1. The van der Waals surface area contributed by atoms with Crippen LogP contribution in [-0.4, -0.2) is 37.8 Å². The van der Waals surface area contributed by atoms with Crippen LogP contribution in [-0.2, 0) is 14.3 Å². The van der Waals surface area contributed by atoms with E-state index in [-0.39, 0.29) is 11.5 Å². The summed E-state index contributed by atoms with van der Waals surface area (Å²) in [5.74, 6) is 0.0245. The Morgan fingerprint density at radius 2 is 1.89 bits per heavy atom. The maximum atomic E-state index is 12.9. The lowest BCUT2D eigenvalue weighted by atomic mass is 9.96. The van der Waals surface area contributed by atoms with E-state index in [4.69, 9.17) is 14.2 Å². The van der Waals surface area contributed by atoms with Gasteiger partial charge >= 0.3 is 5.97 Å². The van der Waals surface area contributed by atoms with Crippen molar-refractivity contribution >= 4 is 17.6 Å². The fourth-order valence-corrected chi connectivity index (χ4v) is 2.80. The molecule has 158 valence electrons. The first-order valence-corrected chi connectivity index (χ1v) is 10.1. The molecule has 0 bridgehead atoms. The van der Waals surface area contributed by atoms with Crippen LogP contribution in [0.25, 0.3) is 0 Å². The summed E-state index contributed by atoms with van der Waals surface area (Å²) in [5, 5.41) is 2.88. The van der Waals surface area contributed by atoms with Gasteiger partial charge in [-0.05, 0) is 44.4 Å². The van der Waals surface area contributed by atoms with Crippen LogP contribution in [0.2, 0.25) is 0 Å². The van der Waals surface area contributed by atoms with Gasteiger partial charge in [-0.15, -0.1) is 0 Å². The van der Waals surface area contributed by atoms with Crippen molar-refractivity contribution in [3.63, 3.8) is 0 Å². The van der Waals surface area contributed by atoms with Crippen molar-refractivity contribution in [3.05, 3.63) is 23.8 Å². The van der Waals surface area contributed by atoms with Gasteiger partial charge in [0.15, 0.2) is 0 Å². The summed E-state index contributed by atoms with van der Waals surface area (Å²) in [6, 6.07) is 4.98. The van der Waals surface area contributed by atoms with Gasteiger partial charge in [0, 0.05) is 12.3 Å². The molecule has 0 heterocycles. The third-order valence-corrected chi connectivity index (χ3v) is 4.42. The van der Waals surface area contributed by atoms with E-state index in [0.29, 0.717) is 37.0 Å². The maximum Gasteiger partial charge on any atom is 0.341 e. The first kappa shape index (κ1) is 24.0. The summed E-state index contributed by atoms with van der Waals surface area (Å²) in [6.45, 7) is 10.8. The first-order valence-electron chi connectivity index (χ1n) is 10.1. The highest BCUT2D eigenvalue weighted by Gasteiger charge is 2.33. The zero-order chi connectivity index (χ0) is 21.2. The molecule has 28 heavy (non-hydrogen) atoms. The van der Waals surface area contributed by atoms with Crippen molar-refractivity contribution in [2.24, 2.45) is 5.92 Å². The van der Waals surface area contributed by atoms with Gasteiger partial charge in [0.25, 0.3) is 5.91 Å². The lowest BCUT2D eigenvalue weighted by Crippen LogP contribution is -2.42. The molecule has 0 fully saturated rings. The minimum Gasteiger partial charge on any atom is -0.492 e. The van der Waals surface area contributed by atoms with Crippen molar-refractivity contribution in [3.8, 4) is 5.75 Å². The van der Waals surface area contributed by atoms with Crippen LogP contribution in [0.5, 0.6) is 5.75 Å². The molecule has 6 heteroatoms. The summed E-state index contributed by atoms with van der Waals surface area (Å²) in [6.07, 6.45) is 3.67. The Morgan fingerprint density at radius 1 is 1.18 bits per heavy atom. The molecule has 1 aromatic rings. The molecule has 1 aromatic carbocycles. The average molecular weight is 394 g/mol. The number of hydrogen-bond donors (Lipinski definition) is 1. The van der Waals surface area contributed by atoms with Gasteiger partial charge in [0.2, 0.25) is 0 Å². The fraction of sp³-hybridized carbons (Fsp3) is 0.636. The Hall–Kier alpha value is -2.08. The maximum absolute atomic E-state index is 12.9. The molecule has 1 N–H and O–H groups in total. The van der Waals surface area contributed by atoms with Crippen molar-refractivity contribution in [2.75, 3.05) is 25.6 Å². The van der Waals surface area contributed by atoms with Crippen molar-refractivity contribution < 1.29 is 23.8 Å². The lowest BCUT2D eigenvalue weighted by molar-refractivity contribution is -0.139. The van der Waals surface area contributed by atoms with E-state index >= 15 is 0 Å². The van der Waals surface area contributed by atoms with E-state index in [2.05, 4.69) is 12.2 Å². The van der Waals surface area contributed by atoms with Crippen LogP contribution in [0.3, 0.4) is 0 Å². The van der Waals surface area contributed by atoms with E-state index in [0.717, 1.165) is 19.3 Å². The smallest absolute Gasteiger partial charge is 0.341 e. The van der Waals surface area contributed by atoms with Crippen molar-refractivity contribution in [1.29, 1.82) is 0 Å². The molecule has 0 saturated carbocycles. The van der Waals surface area contributed by atoms with Gasteiger partial charge in [-0.25, -0.2) is 4.79 Å². The summed E-state index contributed by atoms with van der Waals surface area (Å²) in [4.78, 5) is 25.0. The number of hydrogen-bond acceptors (Lipinski definition) is 5. The van der Waals surface area contributed by atoms with Crippen LogP contribution in [0.4, 0.5) is 5.69 Å². The van der Waals surface area contributed by atoms with Gasteiger partial charge in [-0.3, -0.25) is 4.79 Å².